The lowest BCUT2D eigenvalue weighted by atomic mass is 9.63. The summed E-state index contributed by atoms with van der Waals surface area (Å²) in [5, 5.41) is 14.9. The molecule has 1 aliphatic rings. The molecular weight excluding hydrogens is 500 g/mol. The third kappa shape index (κ3) is 7.40. The average Bonchev–Trinajstić information content (AvgIpc) is 2.89. The van der Waals surface area contributed by atoms with Crippen molar-refractivity contribution in [2.75, 3.05) is 20.1 Å². The number of benzene rings is 2. The van der Waals surface area contributed by atoms with Crippen molar-refractivity contribution in [3.63, 3.8) is 0 Å². The smallest absolute Gasteiger partial charge is 0.244 e. The monoisotopic (exact) mass is 539 g/mol. The summed E-state index contributed by atoms with van der Waals surface area (Å²) in [4.78, 5) is 27.9. The minimum absolute atomic E-state index is 0.00195. The van der Waals surface area contributed by atoms with Gasteiger partial charge in [-0.3, -0.25) is 9.59 Å². The fourth-order valence-electron chi connectivity index (χ4n) is 5.44. The molecule has 8 heteroatoms. The summed E-state index contributed by atoms with van der Waals surface area (Å²) in [6.07, 6.45) is 3.19. The maximum absolute atomic E-state index is 14.2. The summed E-state index contributed by atoms with van der Waals surface area (Å²) in [6, 6.07) is 11.3. The van der Waals surface area contributed by atoms with Gasteiger partial charge in [0.25, 0.3) is 0 Å². The number of carbonyl (C=O) groups excluding carboxylic acids is 2. The molecule has 0 saturated carbocycles. The average molecular weight is 540 g/mol. The fourth-order valence-corrected chi connectivity index (χ4v) is 5.44. The zero-order valence-corrected chi connectivity index (χ0v) is 23.1. The van der Waals surface area contributed by atoms with Crippen molar-refractivity contribution >= 4 is 11.8 Å². The van der Waals surface area contributed by atoms with Crippen LogP contribution in [0.2, 0.25) is 0 Å². The van der Waals surface area contributed by atoms with Crippen molar-refractivity contribution in [1.82, 2.24) is 10.2 Å². The van der Waals surface area contributed by atoms with Gasteiger partial charge in [-0.05, 0) is 61.9 Å². The molecule has 0 aliphatic heterocycles. The van der Waals surface area contributed by atoms with Crippen molar-refractivity contribution in [3.8, 4) is 0 Å². The minimum Gasteiger partial charge on any atom is -0.391 e. The predicted molar refractivity (Wildman–Crippen MR) is 148 cm³/mol. The molecule has 1 aliphatic carbocycles. The van der Waals surface area contributed by atoms with Crippen LogP contribution in [0, 0.1) is 23.0 Å². The Bertz CT molecular complexity index is 1240. The van der Waals surface area contributed by atoms with Crippen LogP contribution in [-0.2, 0) is 29.0 Å². The molecule has 0 bridgehead atoms. The van der Waals surface area contributed by atoms with E-state index in [1.807, 2.05) is 25.1 Å². The van der Waals surface area contributed by atoms with Crippen LogP contribution in [0.4, 0.5) is 8.78 Å². The van der Waals surface area contributed by atoms with Gasteiger partial charge in [0.2, 0.25) is 11.8 Å². The summed E-state index contributed by atoms with van der Waals surface area (Å²) >= 11 is 0. The van der Waals surface area contributed by atoms with Gasteiger partial charge in [0, 0.05) is 44.2 Å². The maximum Gasteiger partial charge on any atom is 0.244 e. The summed E-state index contributed by atoms with van der Waals surface area (Å²) in [5.41, 5.74) is 7.77. The van der Waals surface area contributed by atoms with E-state index < -0.39 is 35.0 Å². The number of primary amides is 1. The standard InChI is InChI=1S/C31H39F2N3O3/c1-5-21-8-7-9-22(11-21)18-35-19-28(37)27(14-23-12-25(32)15-26(33)13-23)31(30(39)36(4)6-2)16-20(3)10-24(17-31)29(34)38/h7-13,15-16,27-28,35,37H,5-6,14,17-19H2,1-4H3,(H2,34,38)/t27-,28+,31?/m1/s1. The molecule has 3 atom stereocenters. The van der Waals surface area contributed by atoms with Crippen molar-refractivity contribution in [3.05, 3.63) is 94.1 Å². The number of hydrogen-bond donors (Lipinski definition) is 3. The molecule has 3 rings (SSSR count). The van der Waals surface area contributed by atoms with Crippen LogP contribution in [0.15, 0.2) is 65.8 Å². The van der Waals surface area contributed by atoms with Crippen LogP contribution < -0.4 is 11.1 Å². The molecule has 2 amide bonds. The zero-order chi connectivity index (χ0) is 28.7. The molecule has 0 heterocycles. The first-order valence-electron chi connectivity index (χ1n) is 13.4. The first kappa shape index (κ1) is 30.2. The summed E-state index contributed by atoms with van der Waals surface area (Å²) in [5.74, 6) is -3.27. The molecule has 39 heavy (non-hydrogen) atoms. The third-order valence-electron chi connectivity index (χ3n) is 7.49. The Morgan fingerprint density at radius 2 is 1.77 bits per heavy atom. The van der Waals surface area contributed by atoms with E-state index in [2.05, 4.69) is 18.3 Å². The van der Waals surface area contributed by atoms with E-state index in [9.17, 15) is 23.5 Å². The van der Waals surface area contributed by atoms with Crippen LogP contribution in [0.1, 0.15) is 43.9 Å². The quantitative estimate of drug-likeness (QED) is 0.379. The van der Waals surface area contributed by atoms with E-state index >= 15 is 0 Å². The van der Waals surface area contributed by atoms with Gasteiger partial charge in [0.1, 0.15) is 11.6 Å². The van der Waals surface area contributed by atoms with Gasteiger partial charge in [-0.15, -0.1) is 0 Å². The van der Waals surface area contributed by atoms with E-state index in [1.165, 1.54) is 22.6 Å². The number of amides is 2. The van der Waals surface area contributed by atoms with E-state index in [0.717, 1.165) is 18.1 Å². The van der Waals surface area contributed by atoms with E-state index in [-0.39, 0.29) is 30.9 Å². The summed E-state index contributed by atoms with van der Waals surface area (Å²) in [7, 11) is 1.65. The second-order valence-electron chi connectivity index (χ2n) is 10.4. The molecule has 1 unspecified atom stereocenters. The van der Waals surface area contributed by atoms with Crippen molar-refractivity contribution in [2.24, 2.45) is 17.1 Å². The van der Waals surface area contributed by atoms with Gasteiger partial charge >= 0.3 is 0 Å². The van der Waals surface area contributed by atoms with Crippen molar-refractivity contribution < 1.29 is 23.5 Å². The Morgan fingerprint density at radius 3 is 2.38 bits per heavy atom. The molecule has 0 fully saturated rings. The van der Waals surface area contributed by atoms with E-state index in [4.69, 9.17) is 5.73 Å². The van der Waals surface area contributed by atoms with Crippen LogP contribution in [0.25, 0.3) is 0 Å². The number of nitrogens with one attached hydrogen (secondary N) is 1. The van der Waals surface area contributed by atoms with Gasteiger partial charge < -0.3 is 21.1 Å². The molecule has 0 spiro atoms. The first-order chi connectivity index (χ1) is 18.5. The topological polar surface area (TPSA) is 95.7 Å². The number of nitrogens with zero attached hydrogens (tertiary/aromatic N) is 1. The molecule has 4 N–H and O–H groups in total. The normalized spacial score (nSPS) is 18.6. The number of aliphatic hydroxyl groups is 1. The first-order valence-corrected chi connectivity index (χ1v) is 13.4. The number of halogens is 2. The molecule has 2 aromatic carbocycles. The molecule has 6 nitrogen and oxygen atoms in total. The largest absolute Gasteiger partial charge is 0.391 e. The molecule has 2 aromatic rings. The van der Waals surface area contributed by atoms with E-state index in [0.29, 0.717) is 24.2 Å². The number of allylic oxidation sites excluding steroid dienone is 2. The fraction of sp³-hybridized carbons (Fsp3) is 0.419. The van der Waals surface area contributed by atoms with Crippen LogP contribution in [0.3, 0.4) is 0 Å². The number of nitrogens with two attached hydrogens (primary N) is 1. The lowest BCUT2D eigenvalue weighted by Gasteiger charge is -2.44. The Balaban J connectivity index is 2.02. The second kappa shape index (κ2) is 13.1. The van der Waals surface area contributed by atoms with Gasteiger partial charge in [-0.25, -0.2) is 8.78 Å². The molecule has 0 saturated heterocycles. The van der Waals surface area contributed by atoms with Crippen molar-refractivity contribution in [2.45, 2.75) is 52.7 Å². The zero-order valence-electron chi connectivity index (χ0n) is 23.1. The molecule has 210 valence electrons. The molecule has 0 radical (unpaired) electrons. The second-order valence-corrected chi connectivity index (χ2v) is 10.4. The highest BCUT2D eigenvalue weighted by molar-refractivity contribution is 5.96. The van der Waals surface area contributed by atoms with Crippen LogP contribution in [-0.4, -0.2) is 48.1 Å². The molecular formula is C31H39F2N3O3. The number of carbonyl (C=O) groups is 2. The Kier molecular flexibility index (Phi) is 10.2. The Morgan fingerprint density at radius 1 is 1.10 bits per heavy atom. The van der Waals surface area contributed by atoms with Gasteiger partial charge in [-0.1, -0.05) is 48.9 Å². The van der Waals surface area contributed by atoms with Crippen molar-refractivity contribution in [1.29, 1.82) is 0 Å². The van der Waals surface area contributed by atoms with E-state index in [1.54, 1.807) is 26.1 Å². The third-order valence-corrected chi connectivity index (χ3v) is 7.49. The van der Waals surface area contributed by atoms with Crippen LogP contribution in [0.5, 0.6) is 0 Å². The lowest BCUT2D eigenvalue weighted by Crippen LogP contribution is -2.53. The van der Waals surface area contributed by atoms with Crippen LogP contribution >= 0.6 is 0 Å². The maximum atomic E-state index is 14.2. The predicted octanol–water partition coefficient (Wildman–Crippen LogP) is 4.06. The SMILES string of the molecule is CCc1cccc(CNC[C@H](O)[C@@H](Cc2cc(F)cc(F)c2)C2(C(=O)N(C)CC)C=C(C)C=C(C(N)=O)C2)c1. The minimum atomic E-state index is -1.36. The Labute approximate surface area is 229 Å². The highest BCUT2D eigenvalue weighted by atomic mass is 19.1. The lowest BCUT2D eigenvalue weighted by molar-refractivity contribution is -0.143. The summed E-state index contributed by atoms with van der Waals surface area (Å²) < 4.78 is 28.3. The van der Waals surface area contributed by atoms with Gasteiger partial charge in [0.05, 0.1) is 11.5 Å². The highest BCUT2D eigenvalue weighted by Gasteiger charge is 2.50. The van der Waals surface area contributed by atoms with Gasteiger partial charge in [-0.2, -0.15) is 0 Å². The molecule has 0 aromatic heterocycles. The number of aliphatic hydroxyl groups excluding tert-OH is 1. The summed E-state index contributed by atoms with van der Waals surface area (Å²) in [6.45, 7) is 6.67. The number of rotatable bonds is 12. The number of aryl methyl sites for hydroxylation is 1. The Hall–Kier alpha value is -3.36. The van der Waals surface area contributed by atoms with Gasteiger partial charge in [0.15, 0.2) is 0 Å². The highest BCUT2D eigenvalue weighted by Crippen LogP contribution is 2.45. The number of hydrogen-bond acceptors (Lipinski definition) is 4.